The Balaban J connectivity index is 1.79. The molecule has 0 aliphatic carbocycles. The molecular weight excluding hydrogens is 411 g/mol. The summed E-state index contributed by atoms with van der Waals surface area (Å²) in [7, 11) is -3.97. The van der Waals surface area contributed by atoms with Crippen molar-refractivity contribution in [2.24, 2.45) is 0 Å². The third kappa shape index (κ3) is 5.13. The molecule has 2 aromatic rings. The number of carbonyl (C=O) groups is 1. The van der Waals surface area contributed by atoms with E-state index in [-0.39, 0.29) is 38.2 Å². The normalized spacial score (nSPS) is 16.9. The van der Waals surface area contributed by atoms with E-state index in [4.69, 9.17) is 27.9 Å². The highest BCUT2D eigenvalue weighted by Crippen LogP contribution is 2.25. The average Bonchev–Trinajstić information content (AvgIpc) is 3.12. The maximum atomic E-state index is 12.7. The van der Waals surface area contributed by atoms with Crippen LogP contribution in [0.5, 0.6) is 0 Å². The van der Waals surface area contributed by atoms with Crippen LogP contribution in [-0.2, 0) is 14.8 Å². The predicted octanol–water partition coefficient (Wildman–Crippen LogP) is 3.70. The Bertz CT molecular complexity index is 924. The Morgan fingerprint density at radius 2 is 1.85 bits per heavy atom. The van der Waals surface area contributed by atoms with Crippen molar-refractivity contribution < 1.29 is 17.9 Å². The second kappa shape index (κ2) is 8.48. The predicted molar refractivity (Wildman–Crippen MR) is 105 cm³/mol. The SMILES string of the molecule is O=C(NCC1CCCO1)c1ccccc1NS(=O)(=O)c1cc(Cl)cc(Cl)c1. The summed E-state index contributed by atoms with van der Waals surface area (Å²) in [4.78, 5) is 12.4. The number of hydrogen-bond donors (Lipinski definition) is 2. The number of nitrogens with one attached hydrogen (secondary N) is 2. The van der Waals surface area contributed by atoms with Crippen molar-refractivity contribution in [3.05, 3.63) is 58.1 Å². The molecule has 1 atom stereocenters. The first-order valence-electron chi connectivity index (χ1n) is 8.33. The van der Waals surface area contributed by atoms with Crippen LogP contribution in [0.1, 0.15) is 23.2 Å². The van der Waals surface area contributed by atoms with Crippen LogP contribution in [0, 0.1) is 0 Å². The van der Waals surface area contributed by atoms with Gasteiger partial charge in [0, 0.05) is 23.2 Å². The van der Waals surface area contributed by atoms with Gasteiger partial charge in [-0.2, -0.15) is 0 Å². The first kappa shape index (κ1) is 19.9. The van der Waals surface area contributed by atoms with Crippen LogP contribution in [0.4, 0.5) is 5.69 Å². The minimum Gasteiger partial charge on any atom is -0.376 e. The van der Waals surface area contributed by atoms with Crippen LogP contribution in [0.25, 0.3) is 0 Å². The Morgan fingerprint density at radius 1 is 1.15 bits per heavy atom. The number of hydrogen-bond acceptors (Lipinski definition) is 4. The summed E-state index contributed by atoms with van der Waals surface area (Å²) in [6.45, 7) is 1.07. The molecule has 1 unspecified atom stereocenters. The van der Waals surface area contributed by atoms with E-state index in [0.717, 1.165) is 12.8 Å². The molecule has 9 heteroatoms. The van der Waals surface area contributed by atoms with Crippen LogP contribution < -0.4 is 10.0 Å². The smallest absolute Gasteiger partial charge is 0.262 e. The van der Waals surface area contributed by atoms with Crippen molar-refractivity contribution in [1.82, 2.24) is 5.32 Å². The quantitative estimate of drug-likeness (QED) is 0.734. The molecule has 0 bridgehead atoms. The van der Waals surface area contributed by atoms with Crippen molar-refractivity contribution in [3.8, 4) is 0 Å². The van der Waals surface area contributed by atoms with E-state index in [2.05, 4.69) is 10.0 Å². The van der Waals surface area contributed by atoms with Gasteiger partial charge in [-0.25, -0.2) is 8.42 Å². The van der Waals surface area contributed by atoms with E-state index in [1.165, 1.54) is 24.3 Å². The van der Waals surface area contributed by atoms with Crippen molar-refractivity contribution in [2.45, 2.75) is 23.8 Å². The standard InChI is InChI=1S/C18H18Cl2N2O4S/c19-12-8-13(20)10-15(9-12)27(24,25)22-17-6-2-1-5-16(17)18(23)21-11-14-4-3-7-26-14/h1-2,5-6,8-10,14,22H,3-4,7,11H2,(H,21,23). The number of amides is 1. The van der Waals surface area contributed by atoms with E-state index in [0.29, 0.717) is 13.2 Å². The molecule has 2 N–H and O–H groups in total. The van der Waals surface area contributed by atoms with Gasteiger partial charge in [-0.15, -0.1) is 0 Å². The second-order valence-corrected chi connectivity index (χ2v) is 8.66. The van der Waals surface area contributed by atoms with Gasteiger partial charge in [-0.3, -0.25) is 9.52 Å². The molecule has 0 radical (unpaired) electrons. The molecule has 144 valence electrons. The molecule has 1 aliphatic rings. The second-order valence-electron chi connectivity index (χ2n) is 6.10. The van der Waals surface area contributed by atoms with Gasteiger partial charge in [0.05, 0.1) is 22.3 Å². The van der Waals surface area contributed by atoms with Crippen LogP contribution in [-0.4, -0.2) is 33.6 Å². The lowest BCUT2D eigenvalue weighted by molar-refractivity contribution is 0.0858. The van der Waals surface area contributed by atoms with Gasteiger partial charge in [0.1, 0.15) is 0 Å². The Morgan fingerprint density at radius 3 is 2.52 bits per heavy atom. The zero-order valence-corrected chi connectivity index (χ0v) is 16.6. The molecule has 6 nitrogen and oxygen atoms in total. The molecule has 1 heterocycles. The van der Waals surface area contributed by atoms with E-state index >= 15 is 0 Å². The van der Waals surface area contributed by atoms with Gasteiger partial charge < -0.3 is 10.1 Å². The van der Waals surface area contributed by atoms with Crippen molar-refractivity contribution in [1.29, 1.82) is 0 Å². The first-order valence-corrected chi connectivity index (χ1v) is 10.6. The highest BCUT2D eigenvalue weighted by atomic mass is 35.5. The Kier molecular flexibility index (Phi) is 6.26. The molecule has 27 heavy (non-hydrogen) atoms. The first-order chi connectivity index (χ1) is 12.8. The lowest BCUT2D eigenvalue weighted by atomic mass is 10.1. The summed E-state index contributed by atoms with van der Waals surface area (Å²) in [6, 6.07) is 10.4. The Labute approximate surface area is 167 Å². The highest BCUT2D eigenvalue weighted by molar-refractivity contribution is 7.92. The van der Waals surface area contributed by atoms with Gasteiger partial charge >= 0.3 is 0 Å². The van der Waals surface area contributed by atoms with Gasteiger partial charge in [-0.1, -0.05) is 35.3 Å². The molecule has 1 saturated heterocycles. The number of sulfonamides is 1. The maximum Gasteiger partial charge on any atom is 0.262 e. The summed E-state index contributed by atoms with van der Waals surface area (Å²) in [6.07, 6.45) is 1.86. The molecule has 1 aliphatic heterocycles. The number of ether oxygens (including phenoxy) is 1. The summed E-state index contributed by atoms with van der Waals surface area (Å²) < 4.78 is 33.2. The summed E-state index contributed by atoms with van der Waals surface area (Å²) >= 11 is 11.8. The fourth-order valence-corrected chi connectivity index (χ4v) is 4.57. The number of halogens is 2. The lowest BCUT2D eigenvalue weighted by Gasteiger charge is -2.14. The summed E-state index contributed by atoms with van der Waals surface area (Å²) in [5, 5.41) is 3.18. The molecule has 1 amide bonds. The molecule has 0 spiro atoms. The fourth-order valence-electron chi connectivity index (χ4n) is 2.76. The molecular formula is C18H18Cl2N2O4S. The van der Waals surface area contributed by atoms with Gasteiger partial charge in [-0.05, 0) is 43.2 Å². The van der Waals surface area contributed by atoms with Crippen molar-refractivity contribution in [3.63, 3.8) is 0 Å². The highest BCUT2D eigenvalue weighted by Gasteiger charge is 2.21. The van der Waals surface area contributed by atoms with Crippen LogP contribution in [0.3, 0.4) is 0 Å². The van der Waals surface area contributed by atoms with E-state index < -0.39 is 10.0 Å². The van der Waals surface area contributed by atoms with E-state index in [1.54, 1.807) is 18.2 Å². The molecule has 2 aromatic carbocycles. The third-order valence-electron chi connectivity index (χ3n) is 4.08. The maximum absolute atomic E-state index is 12.7. The summed E-state index contributed by atoms with van der Waals surface area (Å²) in [5.74, 6) is -0.382. The van der Waals surface area contributed by atoms with Crippen LogP contribution in [0.15, 0.2) is 47.4 Å². The minimum absolute atomic E-state index is 0.00796. The number of anilines is 1. The summed E-state index contributed by atoms with van der Waals surface area (Å²) in [5.41, 5.74) is 0.380. The Hall–Kier alpha value is -1.80. The number of para-hydroxylation sites is 1. The zero-order chi connectivity index (χ0) is 19.4. The third-order valence-corrected chi connectivity index (χ3v) is 5.86. The van der Waals surface area contributed by atoms with Gasteiger partial charge in [0.25, 0.3) is 15.9 Å². The lowest BCUT2D eigenvalue weighted by Crippen LogP contribution is -2.32. The molecule has 3 rings (SSSR count). The molecule has 0 saturated carbocycles. The number of rotatable bonds is 6. The molecule has 1 fully saturated rings. The van der Waals surface area contributed by atoms with Crippen molar-refractivity contribution >= 4 is 44.8 Å². The number of benzene rings is 2. The zero-order valence-electron chi connectivity index (χ0n) is 14.2. The largest absolute Gasteiger partial charge is 0.376 e. The molecule has 0 aromatic heterocycles. The number of carbonyl (C=O) groups excluding carboxylic acids is 1. The fraction of sp³-hybridized carbons (Fsp3) is 0.278. The average molecular weight is 429 g/mol. The van der Waals surface area contributed by atoms with Gasteiger partial charge in [0.15, 0.2) is 0 Å². The van der Waals surface area contributed by atoms with Crippen LogP contribution in [0.2, 0.25) is 10.0 Å². The van der Waals surface area contributed by atoms with Crippen LogP contribution >= 0.6 is 23.2 Å². The van der Waals surface area contributed by atoms with Gasteiger partial charge in [0.2, 0.25) is 0 Å². The van der Waals surface area contributed by atoms with Crippen molar-refractivity contribution in [2.75, 3.05) is 17.9 Å². The minimum atomic E-state index is -3.97. The van der Waals surface area contributed by atoms with E-state index in [9.17, 15) is 13.2 Å². The topological polar surface area (TPSA) is 84.5 Å². The van der Waals surface area contributed by atoms with E-state index in [1.807, 2.05) is 0 Å². The monoisotopic (exact) mass is 428 g/mol.